The molecular weight excluding hydrogens is 380 g/mol. The normalized spacial score (nSPS) is 17.2. The van der Waals surface area contributed by atoms with E-state index >= 15 is 0 Å². The molecule has 1 atom stereocenters. The van der Waals surface area contributed by atoms with Gasteiger partial charge in [-0.05, 0) is 41.8 Å². The Hall–Kier alpha value is -2.97. The minimum absolute atomic E-state index is 0.0436. The summed E-state index contributed by atoms with van der Waals surface area (Å²) in [5.41, 5.74) is 1.63. The third-order valence-electron chi connectivity index (χ3n) is 4.95. The number of nitrogens with one attached hydrogen (secondary N) is 1. The van der Waals surface area contributed by atoms with Crippen LogP contribution in [0.25, 0.3) is 11.0 Å². The van der Waals surface area contributed by atoms with Gasteiger partial charge >= 0.3 is 5.63 Å². The van der Waals surface area contributed by atoms with E-state index in [9.17, 15) is 18.0 Å². The summed E-state index contributed by atoms with van der Waals surface area (Å²) >= 11 is 0. The number of benzene rings is 2. The lowest BCUT2D eigenvalue weighted by atomic mass is 9.95. The Morgan fingerprint density at radius 2 is 1.86 bits per heavy atom. The SMILES string of the molecule is CNC(=O)[C@H]1Cc2ccccc2CN1S(=O)(=O)c1ccc2oc(=O)ccc2c1. The third-order valence-corrected chi connectivity index (χ3v) is 6.80. The molecule has 2 aromatic carbocycles. The Morgan fingerprint density at radius 3 is 2.61 bits per heavy atom. The first-order valence-electron chi connectivity index (χ1n) is 8.74. The molecular formula is C20H18N2O5S. The first-order chi connectivity index (χ1) is 13.4. The van der Waals surface area contributed by atoms with E-state index in [1.54, 1.807) is 0 Å². The van der Waals surface area contributed by atoms with Crippen molar-refractivity contribution in [2.24, 2.45) is 0 Å². The van der Waals surface area contributed by atoms with Crippen LogP contribution in [0.5, 0.6) is 0 Å². The first kappa shape index (κ1) is 18.4. The fraction of sp³-hybridized carbons (Fsp3) is 0.200. The number of carbonyl (C=O) groups is 1. The maximum absolute atomic E-state index is 13.4. The van der Waals surface area contributed by atoms with Gasteiger partial charge in [0, 0.05) is 25.0 Å². The Morgan fingerprint density at radius 1 is 1.11 bits per heavy atom. The second kappa shape index (κ2) is 6.88. The van der Waals surface area contributed by atoms with Gasteiger partial charge in [0.05, 0.1) is 4.90 Å². The van der Waals surface area contributed by atoms with E-state index in [1.807, 2.05) is 24.3 Å². The highest BCUT2D eigenvalue weighted by atomic mass is 32.2. The zero-order chi connectivity index (χ0) is 19.9. The predicted molar refractivity (Wildman–Crippen MR) is 103 cm³/mol. The van der Waals surface area contributed by atoms with Crippen molar-refractivity contribution in [2.45, 2.75) is 23.9 Å². The zero-order valence-electron chi connectivity index (χ0n) is 15.1. The van der Waals surface area contributed by atoms with Crippen molar-refractivity contribution in [1.29, 1.82) is 0 Å². The van der Waals surface area contributed by atoms with Gasteiger partial charge in [-0.15, -0.1) is 0 Å². The summed E-state index contributed by atoms with van der Waals surface area (Å²) < 4.78 is 33.1. The number of fused-ring (bicyclic) bond motifs is 2. The van der Waals surface area contributed by atoms with E-state index in [4.69, 9.17) is 4.42 Å². The molecule has 7 nitrogen and oxygen atoms in total. The number of rotatable bonds is 3. The predicted octanol–water partition coefficient (Wildman–Crippen LogP) is 1.65. The molecule has 0 fully saturated rings. The number of amides is 1. The highest BCUT2D eigenvalue weighted by Gasteiger charge is 2.39. The topological polar surface area (TPSA) is 96.7 Å². The molecule has 0 radical (unpaired) electrons. The van der Waals surface area contributed by atoms with Gasteiger partial charge in [0.15, 0.2) is 0 Å². The average Bonchev–Trinajstić information content (AvgIpc) is 2.71. The molecule has 8 heteroatoms. The number of likely N-dealkylation sites (N-methyl/N-ethyl adjacent to an activating group) is 1. The molecule has 3 aromatic rings. The quantitative estimate of drug-likeness (QED) is 0.677. The summed E-state index contributed by atoms with van der Waals surface area (Å²) in [4.78, 5) is 23.8. The summed E-state index contributed by atoms with van der Waals surface area (Å²) in [5, 5.41) is 3.06. The van der Waals surface area contributed by atoms with Crippen LogP contribution in [0.1, 0.15) is 11.1 Å². The Labute approximate surface area is 161 Å². The van der Waals surface area contributed by atoms with Crippen LogP contribution in [0, 0.1) is 0 Å². The lowest BCUT2D eigenvalue weighted by molar-refractivity contribution is -0.124. The van der Waals surface area contributed by atoms with Crippen LogP contribution in [0.15, 0.2) is 68.7 Å². The van der Waals surface area contributed by atoms with Gasteiger partial charge < -0.3 is 9.73 Å². The van der Waals surface area contributed by atoms with Crippen molar-refractivity contribution >= 4 is 26.9 Å². The maximum Gasteiger partial charge on any atom is 0.336 e. The number of hydrogen-bond acceptors (Lipinski definition) is 5. The Balaban J connectivity index is 1.81. The zero-order valence-corrected chi connectivity index (χ0v) is 15.9. The van der Waals surface area contributed by atoms with E-state index in [0.717, 1.165) is 11.1 Å². The second-order valence-electron chi connectivity index (χ2n) is 6.61. The van der Waals surface area contributed by atoms with Crippen molar-refractivity contribution in [3.63, 3.8) is 0 Å². The molecule has 0 saturated heterocycles. The fourth-order valence-electron chi connectivity index (χ4n) is 3.49. The molecule has 0 saturated carbocycles. The van der Waals surface area contributed by atoms with Crippen LogP contribution in [-0.2, 0) is 27.8 Å². The van der Waals surface area contributed by atoms with Crippen LogP contribution in [0.2, 0.25) is 0 Å². The van der Waals surface area contributed by atoms with Crippen LogP contribution < -0.4 is 10.9 Å². The van der Waals surface area contributed by atoms with Gasteiger partial charge in [0.1, 0.15) is 11.6 Å². The van der Waals surface area contributed by atoms with Gasteiger partial charge in [0.25, 0.3) is 0 Å². The number of nitrogens with zero attached hydrogens (tertiary/aromatic N) is 1. The van der Waals surface area contributed by atoms with E-state index in [-0.39, 0.29) is 17.3 Å². The van der Waals surface area contributed by atoms with Crippen LogP contribution in [-0.4, -0.2) is 31.7 Å². The van der Waals surface area contributed by atoms with Gasteiger partial charge in [-0.2, -0.15) is 4.31 Å². The van der Waals surface area contributed by atoms with Gasteiger partial charge in [-0.3, -0.25) is 4.79 Å². The Kier molecular flexibility index (Phi) is 4.52. The molecule has 1 aliphatic heterocycles. The van der Waals surface area contributed by atoms with Crippen molar-refractivity contribution in [1.82, 2.24) is 9.62 Å². The summed E-state index contributed by atoms with van der Waals surface area (Å²) in [6.45, 7) is 0.110. The molecule has 28 heavy (non-hydrogen) atoms. The average molecular weight is 398 g/mol. The van der Waals surface area contributed by atoms with Gasteiger partial charge in [0.2, 0.25) is 15.9 Å². The number of hydrogen-bond donors (Lipinski definition) is 1. The molecule has 144 valence electrons. The Bertz CT molecular complexity index is 1230. The molecule has 1 aliphatic rings. The standard InChI is InChI=1S/C20H18N2O5S/c1-21-20(24)17-11-13-4-2-3-5-15(13)12-22(17)28(25,26)16-7-8-18-14(10-16)6-9-19(23)27-18/h2-10,17H,11-12H2,1H3,(H,21,24)/t17-/m1/s1. The van der Waals surface area contributed by atoms with Gasteiger partial charge in [-0.25, -0.2) is 13.2 Å². The summed E-state index contributed by atoms with van der Waals surface area (Å²) in [5.74, 6) is -0.357. The number of carbonyl (C=O) groups excluding carboxylic acids is 1. The lowest BCUT2D eigenvalue weighted by Crippen LogP contribution is -2.51. The molecule has 0 spiro atoms. The highest BCUT2D eigenvalue weighted by Crippen LogP contribution is 2.30. The molecule has 4 rings (SSSR count). The van der Waals surface area contributed by atoms with Gasteiger partial charge in [-0.1, -0.05) is 24.3 Å². The molecule has 1 N–H and O–H groups in total. The minimum atomic E-state index is -3.96. The number of sulfonamides is 1. The van der Waals surface area contributed by atoms with E-state index in [0.29, 0.717) is 17.4 Å². The van der Waals surface area contributed by atoms with Crippen LogP contribution in [0.4, 0.5) is 0 Å². The van der Waals surface area contributed by atoms with E-state index < -0.39 is 21.7 Å². The molecule has 2 heterocycles. The largest absolute Gasteiger partial charge is 0.423 e. The van der Waals surface area contributed by atoms with Crippen molar-refractivity contribution in [3.8, 4) is 0 Å². The smallest absolute Gasteiger partial charge is 0.336 e. The maximum atomic E-state index is 13.4. The second-order valence-corrected chi connectivity index (χ2v) is 8.50. The molecule has 1 aromatic heterocycles. The molecule has 0 aliphatic carbocycles. The van der Waals surface area contributed by atoms with Crippen molar-refractivity contribution in [2.75, 3.05) is 7.05 Å². The monoisotopic (exact) mass is 398 g/mol. The highest BCUT2D eigenvalue weighted by molar-refractivity contribution is 7.89. The van der Waals surface area contributed by atoms with E-state index in [2.05, 4.69) is 5.32 Å². The molecule has 0 bridgehead atoms. The fourth-order valence-corrected chi connectivity index (χ4v) is 5.09. The van der Waals surface area contributed by atoms with E-state index in [1.165, 1.54) is 41.7 Å². The first-order valence-corrected chi connectivity index (χ1v) is 10.2. The lowest BCUT2D eigenvalue weighted by Gasteiger charge is -2.34. The summed E-state index contributed by atoms with van der Waals surface area (Å²) in [6.07, 6.45) is 0.303. The molecule has 1 amide bonds. The van der Waals surface area contributed by atoms with Crippen molar-refractivity contribution in [3.05, 3.63) is 76.1 Å². The summed E-state index contributed by atoms with van der Waals surface area (Å²) in [6, 6.07) is 13.7. The third kappa shape index (κ3) is 3.10. The minimum Gasteiger partial charge on any atom is -0.423 e. The van der Waals surface area contributed by atoms with Crippen molar-refractivity contribution < 1.29 is 17.6 Å². The van der Waals surface area contributed by atoms with Crippen LogP contribution in [0.3, 0.4) is 0 Å². The molecule has 0 unspecified atom stereocenters. The summed E-state index contributed by atoms with van der Waals surface area (Å²) in [7, 11) is -2.47. The van der Waals surface area contributed by atoms with Crippen LogP contribution >= 0.6 is 0 Å².